The molecular weight excluding hydrogens is 370 g/mol. The van der Waals surface area contributed by atoms with Gasteiger partial charge in [-0.15, -0.1) is 0 Å². The lowest BCUT2D eigenvalue weighted by molar-refractivity contribution is 0.0557. The summed E-state index contributed by atoms with van der Waals surface area (Å²) in [6.45, 7) is 0.671. The first-order valence-electron chi connectivity index (χ1n) is 8.54. The van der Waals surface area contributed by atoms with Crippen molar-refractivity contribution < 1.29 is 18.8 Å². The van der Waals surface area contributed by atoms with Gasteiger partial charge in [0.05, 0.1) is 19.9 Å². The number of esters is 1. The van der Waals surface area contributed by atoms with E-state index in [1.165, 1.54) is 7.11 Å². The fourth-order valence-electron chi connectivity index (χ4n) is 3.05. The molecule has 0 atom stereocenters. The van der Waals surface area contributed by atoms with E-state index < -0.39 is 5.97 Å². The summed E-state index contributed by atoms with van der Waals surface area (Å²) in [5, 5.41) is 4.34. The van der Waals surface area contributed by atoms with Crippen LogP contribution in [-0.2, 0) is 11.3 Å². The smallest absolute Gasteiger partial charge is 0.379 e. The Bertz CT molecular complexity index is 983. The fraction of sp³-hybridized carbons (Fsp3) is 0.316. The molecule has 3 aromatic rings. The number of hydrogen-bond acceptors (Lipinski definition) is 7. The number of fused-ring (bicyclic) bond motifs is 1. The molecule has 2 aromatic heterocycles. The minimum absolute atomic E-state index is 0.0450. The number of rotatable bonds is 6. The Labute approximate surface area is 160 Å². The molecule has 0 amide bonds. The van der Waals surface area contributed by atoms with Crippen LogP contribution in [0.15, 0.2) is 34.9 Å². The molecule has 1 fully saturated rings. The Kier molecular flexibility index (Phi) is 4.61. The van der Waals surface area contributed by atoms with Gasteiger partial charge in [-0.1, -0.05) is 28.9 Å². The van der Waals surface area contributed by atoms with E-state index in [0.29, 0.717) is 23.6 Å². The number of halogens is 1. The Balaban J connectivity index is 1.75. The van der Waals surface area contributed by atoms with E-state index in [1.807, 2.05) is 24.3 Å². The third-order valence-electron chi connectivity index (χ3n) is 4.56. The van der Waals surface area contributed by atoms with Crippen LogP contribution in [0.5, 0.6) is 5.75 Å². The van der Waals surface area contributed by atoms with Gasteiger partial charge in [-0.3, -0.25) is 0 Å². The van der Waals surface area contributed by atoms with Gasteiger partial charge in [0.25, 0.3) is 5.76 Å². The number of ether oxygens (including phenoxy) is 2. The Hall–Kier alpha value is -2.80. The number of carbonyl (C=O) groups is 1. The maximum absolute atomic E-state index is 11.9. The maximum atomic E-state index is 11.9. The van der Waals surface area contributed by atoms with Crippen LogP contribution < -0.4 is 9.64 Å². The number of pyridine rings is 1. The van der Waals surface area contributed by atoms with Crippen LogP contribution in [0.4, 0.5) is 5.69 Å². The van der Waals surface area contributed by atoms with Crippen molar-refractivity contribution in [2.45, 2.75) is 25.4 Å². The molecule has 0 radical (unpaired) electrons. The molecule has 4 rings (SSSR count). The molecule has 7 nitrogen and oxygen atoms in total. The average Bonchev–Trinajstić information content (AvgIpc) is 3.44. The Morgan fingerprint density at radius 1 is 1.26 bits per heavy atom. The Morgan fingerprint density at radius 2 is 2.00 bits per heavy atom. The molecule has 140 valence electrons. The third-order valence-corrected chi connectivity index (χ3v) is 4.76. The van der Waals surface area contributed by atoms with Crippen molar-refractivity contribution in [3.05, 3.63) is 46.8 Å². The van der Waals surface area contributed by atoms with Crippen LogP contribution in [0.25, 0.3) is 11.0 Å². The van der Waals surface area contributed by atoms with Gasteiger partial charge >= 0.3 is 5.97 Å². The molecule has 27 heavy (non-hydrogen) atoms. The van der Waals surface area contributed by atoms with Crippen LogP contribution in [0.1, 0.15) is 29.0 Å². The zero-order valence-electron chi connectivity index (χ0n) is 14.9. The van der Waals surface area contributed by atoms with Crippen molar-refractivity contribution in [2.24, 2.45) is 0 Å². The summed E-state index contributed by atoms with van der Waals surface area (Å²) < 4.78 is 15.2. The molecule has 1 aliphatic carbocycles. The summed E-state index contributed by atoms with van der Waals surface area (Å²) in [4.78, 5) is 18.4. The van der Waals surface area contributed by atoms with Gasteiger partial charge in [0.15, 0.2) is 5.52 Å². The second kappa shape index (κ2) is 7.08. The SMILES string of the molecule is COC(=O)c1onc2c(N(Cc3ccc(OC)cc3)C3CC3)cc(Cl)nc12. The van der Waals surface area contributed by atoms with E-state index in [2.05, 4.69) is 15.0 Å². The summed E-state index contributed by atoms with van der Waals surface area (Å²) >= 11 is 6.24. The fourth-order valence-corrected chi connectivity index (χ4v) is 3.24. The second-order valence-electron chi connectivity index (χ2n) is 6.37. The van der Waals surface area contributed by atoms with Gasteiger partial charge in [0, 0.05) is 18.7 Å². The highest BCUT2D eigenvalue weighted by molar-refractivity contribution is 6.30. The van der Waals surface area contributed by atoms with Gasteiger partial charge in [-0.05, 0) is 30.5 Å². The highest BCUT2D eigenvalue weighted by atomic mass is 35.5. The van der Waals surface area contributed by atoms with Crippen molar-refractivity contribution in [1.82, 2.24) is 10.1 Å². The minimum Gasteiger partial charge on any atom is -0.497 e. The van der Waals surface area contributed by atoms with E-state index in [1.54, 1.807) is 13.2 Å². The Morgan fingerprint density at radius 3 is 2.63 bits per heavy atom. The van der Waals surface area contributed by atoms with Crippen LogP contribution in [0.3, 0.4) is 0 Å². The number of anilines is 1. The summed E-state index contributed by atoms with van der Waals surface area (Å²) in [7, 11) is 2.92. The molecule has 0 bridgehead atoms. The topological polar surface area (TPSA) is 77.7 Å². The van der Waals surface area contributed by atoms with Gasteiger partial charge in [0.1, 0.15) is 16.4 Å². The zero-order chi connectivity index (χ0) is 19.0. The summed E-state index contributed by atoms with van der Waals surface area (Å²) in [5.74, 6) is 0.132. The largest absolute Gasteiger partial charge is 0.497 e. The first kappa shape index (κ1) is 17.6. The molecule has 0 aliphatic heterocycles. The number of nitrogens with zero attached hydrogens (tertiary/aromatic N) is 3. The van der Waals surface area contributed by atoms with Crippen molar-refractivity contribution in [3.63, 3.8) is 0 Å². The minimum atomic E-state index is -0.633. The molecule has 8 heteroatoms. The number of aromatic nitrogens is 2. The molecule has 2 heterocycles. The zero-order valence-corrected chi connectivity index (χ0v) is 15.7. The lowest BCUT2D eigenvalue weighted by Crippen LogP contribution is -2.25. The summed E-state index contributed by atoms with van der Waals surface area (Å²) in [6.07, 6.45) is 2.17. The molecule has 1 saturated carbocycles. The molecule has 0 N–H and O–H groups in total. The predicted molar refractivity (Wildman–Crippen MR) is 100 cm³/mol. The monoisotopic (exact) mass is 387 g/mol. The predicted octanol–water partition coefficient (Wildman–Crippen LogP) is 3.84. The van der Waals surface area contributed by atoms with Crippen molar-refractivity contribution >= 4 is 34.3 Å². The van der Waals surface area contributed by atoms with E-state index in [0.717, 1.165) is 29.8 Å². The number of benzene rings is 1. The first-order valence-corrected chi connectivity index (χ1v) is 8.92. The van der Waals surface area contributed by atoms with Gasteiger partial charge < -0.3 is 18.9 Å². The van der Waals surface area contributed by atoms with Crippen molar-refractivity contribution in [2.75, 3.05) is 19.1 Å². The van der Waals surface area contributed by atoms with Gasteiger partial charge in [0.2, 0.25) is 0 Å². The van der Waals surface area contributed by atoms with Crippen molar-refractivity contribution in [1.29, 1.82) is 0 Å². The van der Waals surface area contributed by atoms with Crippen LogP contribution >= 0.6 is 11.6 Å². The summed E-state index contributed by atoms with van der Waals surface area (Å²) in [6, 6.07) is 10.1. The highest BCUT2D eigenvalue weighted by Gasteiger charge is 2.32. The third kappa shape index (κ3) is 3.42. The van der Waals surface area contributed by atoms with Gasteiger partial charge in [-0.2, -0.15) is 0 Å². The van der Waals surface area contributed by atoms with E-state index in [9.17, 15) is 4.79 Å². The standard InChI is InChI=1S/C19H18ClN3O4/c1-25-13-7-3-11(4-8-13)10-23(12-5-6-12)14-9-15(20)21-17-16(14)22-27-18(17)19(24)26-2/h3-4,7-9,12H,5-6,10H2,1-2H3. The van der Waals surface area contributed by atoms with Crippen molar-refractivity contribution in [3.8, 4) is 5.75 Å². The molecule has 0 spiro atoms. The molecule has 0 unspecified atom stereocenters. The van der Waals surface area contributed by atoms with E-state index in [-0.39, 0.29) is 10.9 Å². The molecule has 1 aliphatic rings. The lowest BCUT2D eigenvalue weighted by Gasteiger charge is -2.25. The van der Waals surface area contributed by atoms with E-state index >= 15 is 0 Å². The van der Waals surface area contributed by atoms with Crippen LogP contribution in [0, 0.1) is 0 Å². The molecule has 0 saturated heterocycles. The quantitative estimate of drug-likeness (QED) is 0.469. The average molecular weight is 388 g/mol. The number of hydrogen-bond donors (Lipinski definition) is 0. The van der Waals surface area contributed by atoms with E-state index in [4.69, 9.17) is 25.6 Å². The lowest BCUT2D eigenvalue weighted by atomic mass is 10.1. The second-order valence-corrected chi connectivity index (χ2v) is 6.76. The summed E-state index contributed by atoms with van der Waals surface area (Å²) in [5.41, 5.74) is 2.73. The highest BCUT2D eigenvalue weighted by Crippen LogP contribution is 2.38. The molecule has 1 aromatic carbocycles. The molecular formula is C19H18ClN3O4. The number of carbonyl (C=O) groups excluding carboxylic acids is 1. The maximum Gasteiger partial charge on any atom is 0.379 e. The van der Waals surface area contributed by atoms with Crippen LogP contribution in [-0.4, -0.2) is 36.4 Å². The van der Waals surface area contributed by atoms with Crippen LogP contribution in [0.2, 0.25) is 5.15 Å². The van der Waals surface area contributed by atoms with Gasteiger partial charge in [-0.25, -0.2) is 9.78 Å². The normalized spacial score (nSPS) is 13.6. The first-order chi connectivity index (χ1) is 13.1. The number of methoxy groups -OCH3 is 2.